The summed E-state index contributed by atoms with van der Waals surface area (Å²) in [7, 11) is 1.70. The van der Waals surface area contributed by atoms with Crippen molar-refractivity contribution in [2.45, 2.75) is 6.92 Å². The molecular weight excluding hydrogens is 336 g/mol. The lowest BCUT2D eigenvalue weighted by Gasteiger charge is -2.21. The van der Waals surface area contributed by atoms with Crippen molar-refractivity contribution in [3.05, 3.63) is 33.3 Å². The van der Waals surface area contributed by atoms with Gasteiger partial charge >= 0.3 is 0 Å². The van der Waals surface area contributed by atoms with Crippen LogP contribution in [0.1, 0.15) is 17.3 Å². The minimum absolute atomic E-state index is 0.0279. The zero-order valence-electron chi connectivity index (χ0n) is 10.1. The van der Waals surface area contributed by atoms with E-state index in [2.05, 4.69) is 15.9 Å². The van der Waals surface area contributed by atoms with Crippen LogP contribution in [0.5, 0.6) is 0 Å². The first-order chi connectivity index (χ1) is 8.32. The van der Waals surface area contributed by atoms with E-state index in [4.69, 9.17) is 29.6 Å². The second-order valence-corrected chi connectivity index (χ2v) is 5.91. The van der Waals surface area contributed by atoms with Crippen LogP contribution in [-0.2, 0) is 0 Å². The van der Waals surface area contributed by atoms with Gasteiger partial charge < -0.3 is 10.6 Å². The van der Waals surface area contributed by atoms with Gasteiger partial charge in [-0.15, -0.1) is 0 Å². The van der Waals surface area contributed by atoms with E-state index in [1.807, 2.05) is 6.92 Å². The molecule has 0 bridgehead atoms. The molecule has 0 aliphatic rings. The summed E-state index contributed by atoms with van der Waals surface area (Å²) in [5.41, 5.74) is 6.00. The van der Waals surface area contributed by atoms with Crippen LogP contribution in [0.3, 0.4) is 0 Å². The molecule has 1 atom stereocenters. The van der Waals surface area contributed by atoms with Gasteiger partial charge in [-0.2, -0.15) is 0 Å². The van der Waals surface area contributed by atoms with Gasteiger partial charge in [0.2, 0.25) is 0 Å². The number of hydrogen-bond donors (Lipinski definition) is 1. The SMILES string of the molecule is CC(CN(C)C(=O)c1cc(Br)ccc1Cl)C(N)=S. The van der Waals surface area contributed by atoms with E-state index in [0.29, 0.717) is 22.1 Å². The number of thiocarbonyl (C=S) groups is 1. The molecule has 1 aromatic rings. The summed E-state index contributed by atoms with van der Waals surface area (Å²) >= 11 is 14.2. The van der Waals surface area contributed by atoms with E-state index >= 15 is 0 Å². The number of nitrogens with zero attached hydrogens (tertiary/aromatic N) is 1. The third-order valence-electron chi connectivity index (χ3n) is 2.54. The summed E-state index contributed by atoms with van der Waals surface area (Å²) < 4.78 is 0.811. The van der Waals surface area contributed by atoms with Crippen molar-refractivity contribution >= 4 is 50.6 Å². The van der Waals surface area contributed by atoms with Gasteiger partial charge in [-0.05, 0) is 18.2 Å². The Hall–Kier alpha value is -0.650. The van der Waals surface area contributed by atoms with E-state index < -0.39 is 0 Å². The highest BCUT2D eigenvalue weighted by Gasteiger charge is 2.18. The van der Waals surface area contributed by atoms with E-state index in [1.54, 1.807) is 30.1 Å². The monoisotopic (exact) mass is 348 g/mol. The molecule has 0 saturated heterocycles. The Morgan fingerprint density at radius 3 is 2.78 bits per heavy atom. The molecule has 1 unspecified atom stereocenters. The maximum absolute atomic E-state index is 12.2. The highest BCUT2D eigenvalue weighted by Crippen LogP contribution is 2.22. The van der Waals surface area contributed by atoms with Crippen LogP contribution >= 0.6 is 39.7 Å². The zero-order valence-corrected chi connectivity index (χ0v) is 13.3. The summed E-state index contributed by atoms with van der Waals surface area (Å²) in [5.74, 6) is -0.177. The average molecular weight is 350 g/mol. The fourth-order valence-electron chi connectivity index (χ4n) is 1.45. The first kappa shape index (κ1) is 15.4. The van der Waals surface area contributed by atoms with E-state index in [0.717, 1.165) is 4.47 Å². The van der Waals surface area contributed by atoms with Gasteiger partial charge in [0.05, 0.1) is 15.6 Å². The number of benzene rings is 1. The molecular formula is C12H14BrClN2OS. The summed E-state index contributed by atoms with van der Waals surface area (Å²) in [6, 6.07) is 5.17. The number of halogens is 2. The average Bonchev–Trinajstić information content (AvgIpc) is 2.31. The highest BCUT2D eigenvalue weighted by atomic mass is 79.9. The van der Waals surface area contributed by atoms with Crippen LogP contribution in [0.2, 0.25) is 5.02 Å². The van der Waals surface area contributed by atoms with Crippen LogP contribution in [0.25, 0.3) is 0 Å². The van der Waals surface area contributed by atoms with Crippen LogP contribution in [0.4, 0.5) is 0 Å². The summed E-state index contributed by atoms with van der Waals surface area (Å²) in [4.78, 5) is 14.2. The largest absolute Gasteiger partial charge is 0.393 e. The Bertz CT molecular complexity index is 481. The van der Waals surface area contributed by atoms with Crippen molar-refractivity contribution in [1.82, 2.24) is 4.90 Å². The number of rotatable bonds is 4. The normalized spacial score (nSPS) is 12.0. The fraction of sp³-hybridized carbons (Fsp3) is 0.333. The number of hydrogen-bond acceptors (Lipinski definition) is 2. The third kappa shape index (κ3) is 3.93. The molecule has 2 N–H and O–H groups in total. The molecule has 1 rings (SSSR count). The molecule has 0 aliphatic carbocycles. The van der Waals surface area contributed by atoms with Crippen LogP contribution < -0.4 is 5.73 Å². The molecule has 0 heterocycles. The fourth-order valence-corrected chi connectivity index (χ4v) is 2.08. The molecule has 3 nitrogen and oxygen atoms in total. The van der Waals surface area contributed by atoms with Crippen molar-refractivity contribution in [3.8, 4) is 0 Å². The lowest BCUT2D eigenvalue weighted by molar-refractivity contribution is 0.0787. The first-order valence-electron chi connectivity index (χ1n) is 5.32. The topological polar surface area (TPSA) is 46.3 Å². The second kappa shape index (κ2) is 6.50. The number of nitrogens with two attached hydrogens (primary N) is 1. The molecule has 0 aromatic heterocycles. The predicted octanol–water partition coefficient (Wildman–Crippen LogP) is 3.10. The quantitative estimate of drug-likeness (QED) is 0.850. The molecule has 0 aliphatic heterocycles. The van der Waals surface area contributed by atoms with Crippen LogP contribution in [-0.4, -0.2) is 29.4 Å². The number of amides is 1. The van der Waals surface area contributed by atoms with Gasteiger partial charge in [0, 0.05) is 24.0 Å². The van der Waals surface area contributed by atoms with Gasteiger partial charge in [-0.3, -0.25) is 4.79 Å². The summed E-state index contributed by atoms with van der Waals surface area (Å²) in [5, 5.41) is 0.429. The lowest BCUT2D eigenvalue weighted by Crippen LogP contribution is -2.35. The first-order valence-corrected chi connectivity index (χ1v) is 6.90. The number of carbonyl (C=O) groups is 1. The van der Waals surface area contributed by atoms with E-state index in [9.17, 15) is 4.79 Å². The predicted molar refractivity (Wildman–Crippen MR) is 82.1 cm³/mol. The maximum Gasteiger partial charge on any atom is 0.255 e. The molecule has 18 heavy (non-hydrogen) atoms. The standard InChI is InChI=1S/C12H14BrClN2OS/c1-7(11(15)18)6-16(2)12(17)9-5-8(13)3-4-10(9)14/h3-5,7H,6H2,1-2H3,(H2,15,18). The van der Waals surface area contributed by atoms with Crippen molar-refractivity contribution in [3.63, 3.8) is 0 Å². The van der Waals surface area contributed by atoms with Crippen LogP contribution in [0.15, 0.2) is 22.7 Å². The van der Waals surface area contributed by atoms with Crippen molar-refractivity contribution < 1.29 is 4.79 Å². The Morgan fingerprint density at radius 1 is 1.61 bits per heavy atom. The zero-order chi connectivity index (χ0) is 13.9. The van der Waals surface area contributed by atoms with Crippen molar-refractivity contribution in [2.24, 2.45) is 11.7 Å². The molecule has 6 heteroatoms. The van der Waals surface area contributed by atoms with Gasteiger partial charge in [-0.1, -0.05) is 46.7 Å². The summed E-state index contributed by atoms with van der Waals surface area (Å²) in [6.07, 6.45) is 0. The molecule has 0 radical (unpaired) electrons. The molecule has 0 fully saturated rings. The third-order valence-corrected chi connectivity index (χ3v) is 3.76. The molecule has 1 amide bonds. The maximum atomic E-state index is 12.2. The Balaban J connectivity index is 2.86. The van der Waals surface area contributed by atoms with Gasteiger partial charge in [0.15, 0.2) is 0 Å². The van der Waals surface area contributed by atoms with Crippen molar-refractivity contribution in [2.75, 3.05) is 13.6 Å². The van der Waals surface area contributed by atoms with E-state index in [-0.39, 0.29) is 11.8 Å². The van der Waals surface area contributed by atoms with E-state index in [1.165, 1.54) is 0 Å². The molecule has 0 spiro atoms. The lowest BCUT2D eigenvalue weighted by atomic mass is 10.1. The Kier molecular flexibility index (Phi) is 5.56. The van der Waals surface area contributed by atoms with Crippen molar-refractivity contribution in [1.29, 1.82) is 0 Å². The minimum atomic E-state index is -0.149. The summed E-state index contributed by atoms with van der Waals surface area (Å²) in [6.45, 7) is 2.35. The Labute approximate surface area is 125 Å². The Morgan fingerprint density at radius 2 is 2.22 bits per heavy atom. The molecule has 1 aromatic carbocycles. The smallest absolute Gasteiger partial charge is 0.255 e. The van der Waals surface area contributed by atoms with Gasteiger partial charge in [0.25, 0.3) is 5.91 Å². The number of carbonyl (C=O) groups excluding carboxylic acids is 1. The van der Waals surface area contributed by atoms with Gasteiger partial charge in [-0.25, -0.2) is 0 Å². The molecule has 98 valence electrons. The van der Waals surface area contributed by atoms with Crippen LogP contribution in [0, 0.1) is 5.92 Å². The van der Waals surface area contributed by atoms with Gasteiger partial charge in [0.1, 0.15) is 0 Å². The highest BCUT2D eigenvalue weighted by molar-refractivity contribution is 9.10. The second-order valence-electron chi connectivity index (χ2n) is 4.11. The minimum Gasteiger partial charge on any atom is -0.393 e. The molecule has 0 saturated carbocycles.